The van der Waals surface area contributed by atoms with Crippen LogP contribution >= 0.6 is 0 Å². The average Bonchev–Trinajstić information content (AvgIpc) is 2.58. The summed E-state index contributed by atoms with van der Waals surface area (Å²) < 4.78 is 0. The number of hydrogen-bond donors (Lipinski definition) is 1. The Labute approximate surface area is 134 Å². The molecule has 114 valence electrons. The molecule has 5 nitrogen and oxygen atoms in total. The molecule has 0 fully saturated rings. The van der Waals surface area contributed by atoms with Gasteiger partial charge in [0.05, 0.1) is 11.6 Å². The summed E-state index contributed by atoms with van der Waals surface area (Å²) >= 11 is 0. The molecule has 0 saturated carbocycles. The molecule has 1 N–H and O–H groups in total. The fourth-order valence-electron chi connectivity index (χ4n) is 2.67. The molecule has 2 amide bonds. The van der Waals surface area contributed by atoms with E-state index in [0.29, 0.717) is 29.7 Å². The smallest absolute Gasteiger partial charge is 0.255 e. The number of nitrogens with one attached hydrogen (secondary N) is 1. The number of nitriles is 1. The zero-order valence-corrected chi connectivity index (χ0v) is 12.7. The van der Waals surface area contributed by atoms with Crippen LogP contribution in [0.1, 0.15) is 27.9 Å². The number of fused-ring (bicyclic) bond motifs is 1. The predicted molar refractivity (Wildman–Crippen MR) is 87.3 cm³/mol. The second-order valence-electron chi connectivity index (χ2n) is 5.44. The molecule has 0 bridgehead atoms. The molecule has 2 aromatic carbocycles. The van der Waals surface area contributed by atoms with Gasteiger partial charge in [-0.15, -0.1) is 0 Å². The molecule has 0 aromatic heterocycles. The lowest BCUT2D eigenvalue weighted by atomic mass is 10.0. The van der Waals surface area contributed by atoms with Crippen LogP contribution in [0.5, 0.6) is 0 Å². The number of benzene rings is 2. The van der Waals surface area contributed by atoms with Crippen LogP contribution in [0.2, 0.25) is 0 Å². The monoisotopic (exact) mass is 305 g/mol. The van der Waals surface area contributed by atoms with Crippen molar-refractivity contribution >= 4 is 23.2 Å². The lowest BCUT2D eigenvalue weighted by Crippen LogP contribution is -2.31. The second-order valence-corrected chi connectivity index (χ2v) is 5.44. The van der Waals surface area contributed by atoms with Crippen molar-refractivity contribution in [3.63, 3.8) is 0 Å². The SMILES string of the molecule is CN1C(=O)CCc2cc(NC(=O)c3cccc(C#N)c3)ccc21. The van der Waals surface area contributed by atoms with Gasteiger partial charge in [0, 0.05) is 30.4 Å². The molecule has 0 unspecified atom stereocenters. The highest BCUT2D eigenvalue weighted by molar-refractivity contribution is 6.05. The van der Waals surface area contributed by atoms with Gasteiger partial charge in [-0.25, -0.2) is 0 Å². The molecule has 1 heterocycles. The zero-order chi connectivity index (χ0) is 16.4. The van der Waals surface area contributed by atoms with E-state index in [4.69, 9.17) is 5.26 Å². The number of hydrogen-bond acceptors (Lipinski definition) is 3. The number of aryl methyl sites for hydroxylation is 1. The lowest BCUT2D eigenvalue weighted by molar-refractivity contribution is -0.118. The standard InChI is InChI=1S/C18H15N3O2/c1-21-16-7-6-15(10-13(16)5-8-17(21)22)20-18(23)14-4-2-3-12(9-14)11-19/h2-4,6-7,9-10H,5,8H2,1H3,(H,20,23). The van der Waals surface area contributed by atoms with Crippen molar-refractivity contribution < 1.29 is 9.59 Å². The number of carbonyl (C=O) groups excluding carboxylic acids is 2. The van der Waals surface area contributed by atoms with Gasteiger partial charge in [0.25, 0.3) is 5.91 Å². The third kappa shape index (κ3) is 2.92. The summed E-state index contributed by atoms with van der Waals surface area (Å²) in [7, 11) is 1.76. The van der Waals surface area contributed by atoms with Crippen LogP contribution < -0.4 is 10.2 Å². The highest BCUT2D eigenvalue weighted by Crippen LogP contribution is 2.29. The molecular formula is C18H15N3O2. The first-order chi connectivity index (χ1) is 11.1. The van der Waals surface area contributed by atoms with Gasteiger partial charge in [-0.2, -0.15) is 5.26 Å². The van der Waals surface area contributed by atoms with Crippen LogP contribution in [-0.4, -0.2) is 18.9 Å². The summed E-state index contributed by atoms with van der Waals surface area (Å²) in [4.78, 5) is 25.6. The molecule has 0 saturated heterocycles. The van der Waals surface area contributed by atoms with Gasteiger partial charge in [0.15, 0.2) is 0 Å². The molecule has 0 aliphatic carbocycles. The molecule has 1 aliphatic rings. The van der Waals surface area contributed by atoms with Gasteiger partial charge in [-0.05, 0) is 48.4 Å². The quantitative estimate of drug-likeness (QED) is 0.927. The average molecular weight is 305 g/mol. The number of rotatable bonds is 2. The topological polar surface area (TPSA) is 73.2 Å². The minimum Gasteiger partial charge on any atom is -0.322 e. The maximum atomic E-state index is 12.3. The van der Waals surface area contributed by atoms with Crippen molar-refractivity contribution in [2.45, 2.75) is 12.8 Å². The summed E-state index contributed by atoms with van der Waals surface area (Å²) in [5.74, 6) is -0.162. The number of nitrogens with zero attached hydrogens (tertiary/aromatic N) is 2. The Morgan fingerprint density at radius 1 is 1.22 bits per heavy atom. The van der Waals surface area contributed by atoms with E-state index >= 15 is 0 Å². The number of anilines is 2. The van der Waals surface area contributed by atoms with E-state index in [9.17, 15) is 9.59 Å². The van der Waals surface area contributed by atoms with E-state index in [-0.39, 0.29) is 11.8 Å². The molecule has 3 rings (SSSR count). The van der Waals surface area contributed by atoms with Crippen LogP contribution in [0.15, 0.2) is 42.5 Å². The summed E-state index contributed by atoms with van der Waals surface area (Å²) in [5.41, 5.74) is 3.48. The Balaban J connectivity index is 1.82. The second kappa shape index (κ2) is 5.93. The minimum absolute atomic E-state index is 0.0996. The molecule has 0 atom stereocenters. The van der Waals surface area contributed by atoms with E-state index in [2.05, 4.69) is 5.32 Å². The fraction of sp³-hybridized carbons (Fsp3) is 0.167. The van der Waals surface area contributed by atoms with Gasteiger partial charge in [0.1, 0.15) is 0 Å². The first kappa shape index (κ1) is 14.8. The van der Waals surface area contributed by atoms with Gasteiger partial charge < -0.3 is 10.2 Å². The van der Waals surface area contributed by atoms with Crippen molar-refractivity contribution in [2.24, 2.45) is 0 Å². The van der Waals surface area contributed by atoms with E-state index < -0.39 is 0 Å². The first-order valence-corrected chi connectivity index (χ1v) is 7.29. The van der Waals surface area contributed by atoms with Crippen molar-refractivity contribution in [3.8, 4) is 6.07 Å². The van der Waals surface area contributed by atoms with E-state index in [0.717, 1.165) is 11.3 Å². The summed E-state index contributed by atoms with van der Waals surface area (Å²) in [6.45, 7) is 0. The lowest BCUT2D eigenvalue weighted by Gasteiger charge is -2.26. The first-order valence-electron chi connectivity index (χ1n) is 7.29. The van der Waals surface area contributed by atoms with E-state index in [1.807, 2.05) is 18.2 Å². The highest BCUT2D eigenvalue weighted by atomic mass is 16.2. The number of amides is 2. The van der Waals surface area contributed by atoms with Crippen molar-refractivity contribution in [2.75, 3.05) is 17.3 Å². The zero-order valence-electron chi connectivity index (χ0n) is 12.7. The van der Waals surface area contributed by atoms with Gasteiger partial charge in [-0.1, -0.05) is 6.07 Å². The Bertz CT molecular complexity index is 836. The Kier molecular flexibility index (Phi) is 3.82. The van der Waals surface area contributed by atoms with Gasteiger partial charge in [0.2, 0.25) is 5.91 Å². The molecule has 1 aliphatic heterocycles. The fourth-order valence-corrected chi connectivity index (χ4v) is 2.67. The largest absolute Gasteiger partial charge is 0.322 e. The third-order valence-electron chi connectivity index (χ3n) is 3.93. The summed E-state index contributed by atoms with van der Waals surface area (Å²) in [6, 6.07) is 14.1. The number of carbonyl (C=O) groups is 2. The van der Waals surface area contributed by atoms with E-state index in [1.165, 1.54) is 0 Å². The van der Waals surface area contributed by atoms with Crippen LogP contribution in [0.3, 0.4) is 0 Å². The Hall–Kier alpha value is -3.13. The van der Waals surface area contributed by atoms with Crippen molar-refractivity contribution in [1.82, 2.24) is 0 Å². The molecule has 0 radical (unpaired) electrons. The van der Waals surface area contributed by atoms with Gasteiger partial charge >= 0.3 is 0 Å². The molecular weight excluding hydrogens is 290 g/mol. The summed E-state index contributed by atoms with van der Waals surface area (Å²) in [5, 5.41) is 11.7. The van der Waals surface area contributed by atoms with Gasteiger partial charge in [-0.3, -0.25) is 9.59 Å². The molecule has 2 aromatic rings. The molecule has 23 heavy (non-hydrogen) atoms. The highest BCUT2D eigenvalue weighted by Gasteiger charge is 2.21. The van der Waals surface area contributed by atoms with Crippen LogP contribution in [-0.2, 0) is 11.2 Å². The van der Waals surface area contributed by atoms with Crippen molar-refractivity contribution in [3.05, 3.63) is 59.2 Å². The molecule has 0 spiro atoms. The predicted octanol–water partition coefficient (Wildman–Crippen LogP) is 2.72. The Morgan fingerprint density at radius 2 is 2.04 bits per heavy atom. The third-order valence-corrected chi connectivity index (χ3v) is 3.93. The normalized spacial score (nSPS) is 13.2. The van der Waals surface area contributed by atoms with Crippen molar-refractivity contribution in [1.29, 1.82) is 5.26 Å². The summed E-state index contributed by atoms with van der Waals surface area (Å²) in [6.07, 6.45) is 1.15. The maximum Gasteiger partial charge on any atom is 0.255 e. The Morgan fingerprint density at radius 3 is 2.83 bits per heavy atom. The molecule has 5 heteroatoms. The van der Waals surface area contributed by atoms with Crippen LogP contribution in [0.25, 0.3) is 0 Å². The van der Waals surface area contributed by atoms with Crippen LogP contribution in [0, 0.1) is 11.3 Å². The van der Waals surface area contributed by atoms with Crippen LogP contribution in [0.4, 0.5) is 11.4 Å². The minimum atomic E-state index is -0.262. The maximum absolute atomic E-state index is 12.3. The van der Waals surface area contributed by atoms with E-state index in [1.54, 1.807) is 42.3 Å².